The summed E-state index contributed by atoms with van der Waals surface area (Å²) in [4.78, 5) is 124. The van der Waals surface area contributed by atoms with Gasteiger partial charge in [0.15, 0.2) is 0 Å². The first-order valence-electron chi connectivity index (χ1n) is 19.3. The molecule has 2 aromatic rings. The second-order valence-corrected chi connectivity index (χ2v) is 16.1. The number of nitrogens with two attached hydrogens (primary N) is 2. The zero-order valence-corrected chi connectivity index (χ0v) is 34.9. The van der Waals surface area contributed by atoms with Crippen LogP contribution in [-0.2, 0) is 55.8 Å². The van der Waals surface area contributed by atoms with Gasteiger partial charge in [0, 0.05) is 19.4 Å². The van der Waals surface area contributed by atoms with E-state index in [0.29, 0.717) is 11.1 Å². The molecule has 0 unspecified atom stereocenters. The molecule has 23 nitrogen and oxygen atoms in total. The van der Waals surface area contributed by atoms with Gasteiger partial charge in [0.1, 0.15) is 47.8 Å². The Morgan fingerprint density at radius 3 is 1.85 bits per heavy atom. The fourth-order valence-electron chi connectivity index (χ4n) is 6.46. The largest absolute Gasteiger partial charge is 0.524 e. The molecule has 0 aliphatic carbocycles. The number of aliphatic carboxylic acids is 1. The monoisotopic (exact) mass is 892 g/mol. The Hall–Kier alpha value is -6.13. The second kappa shape index (κ2) is 22.6. The van der Waals surface area contributed by atoms with E-state index in [0.717, 1.165) is 4.90 Å². The molecule has 3 rings (SSSR count). The molecular formula is C38H53N8O15P. The van der Waals surface area contributed by atoms with Crippen molar-refractivity contribution in [3.63, 3.8) is 0 Å². The Balaban J connectivity index is 1.76. The maximum absolute atomic E-state index is 14.0. The topological polar surface area (TPSA) is 379 Å². The van der Waals surface area contributed by atoms with Crippen LogP contribution in [0.2, 0.25) is 0 Å². The summed E-state index contributed by atoms with van der Waals surface area (Å²) in [6, 6.07) is 1.96. The number of hydrogen-bond acceptors (Lipinski definition) is 13. The van der Waals surface area contributed by atoms with Crippen LogP contribution in [0.4, 0.5) is 0 Å². The number of primary amides is 1. The number of amides is 7. The third-order valence-electron chi connectivity index (χ3n) is 9.58. The van der Waals surface area contributed by atoms with Crippen molar-refractivity contribution in [2.45, 2.75) is 95.2 Å². The summed E-state index contributed by atoms with van der Waals surface area (Å²) in [6.07, 6.45) is -2.35. The molecule has 0 bridgehead atoms. The maximum Gasteiger partial charge on any atom is 0.524 e. The quantitative estimate of drug-likeness (QED) is 0.0525. The highest BCUT2D eigenvalue weighted by Gasteiger charge is 2.41. The zero-order valence-electron chi connectivity index (χ0n) is 34.1. The first-order chi connectivity index (χ1) is 29.0. The van der Waals surface area contributed by atoms with Gasteiger partial charge in [-0.1, -0.05) is 38.1 Å². The Kier molecular flexibility index (Phi) is 18.3. The van der Waals surface area contributed by atoms with Crippen molar-refractivity contribution in [3.8, 4) is 11.5 Å². The molecule has 24 heteroatoms. The highest BCUT2D eigenvalue weighted by Crippen LogP contribution is 2.37. The van der Waals surface area contributed by atoms with Crippen molar-refractivity contribution in [3.05, 3.63) is 59.7 Å². The number of aliphatic hydroxyl groups is 1. The number of rotatable bonds is 22. The van der Waals surface area contributed by atoms with E-state index >= 15 is 0 Å². The summed E-state index contributed by atoms with van der Waals surface area (Å²) in [6.45, 7) is 3.76. The van der Waals surface area contributed by atoms with Gasteiger partial charge in [0.2, 0.25) is 41.4 Å². The van der Waals surface area contributed by atoms with Crippen LogP contribution in [0.25, 0.3) is 0 Å². The molecule has 0 spiro atoms. The van der Waals surface area contributed by atoms with Gasteiger partial charge < -0.3 is 62.8 Å². The van der Waals surface area contributed by atoms with Gasteiger partial charge in [-0.05, 0) is 61.1 Å². The van der Waals surface area contributed by atoms with Crippen molar-refractivity contribution < 1.29 is 72.6 Å². The number of carboxylic acids is 1. The molecule has 1 saturated heterocycles. The molecule has 1 fully saturated rings. The number of phenols is 1. The number of phosphoric ester groups is 1. The summed E-state index contributed by atoms with van der Waals surface area (Å²) >= 11 is 0. The lowest BCUT2D eigenvalue weighted by Gasteiger charge is -2.31. The molecule has 1 aliphatic heterocycles. The van der Waals surface area contributed by atoms with Crippen LogP contribution >= 0.6 is 7.82 Å². The van der Waals surface area contributed by atoms with Crippen molar-refractivity contribution in [2.24, 2.45) is 17.4 Å². The number of carbonyl (C=O) groups is 8. The van der Waals surface area contributed by atoms with Crippen LogP contribution in [0.15, 0.2) is 48.5 Å². The van der Waals surface area contributed by atoms with E-state index in [4.69, 9.17) is 21.3 Å². The van der Waals surface area contributed by atoms with E-state index in [1.165, 1.54) is 55.5 Å². The molecule has 14 N–H and O–H groups in total. The van der Waals surface area contributed by atoms with Gasteiger partial charge in [-0.2, -0.15) is 0 Å². The summed E-state index contributed by atoms with van der Waals surface area (Å²) in [5.41, 5.74) is 11.7. The highest BCUT2D eigenvalue weighted by atomic mass is 31.2. The first kappa shape index (κ1) is 50.2. The van der Waals surface area contributed by atoms with Crippen LogP contribution in [0, 0.1) is 5.92 Å². The van der Waals surface area contributed by atoms with E-state index in [-0.39, 0.29) is 43.7 Å². The number of benzene rings is 2. The number of carboxylic acid groups (broad SMARTS) is 1. The van der Waals surface area contributed by atoms with Crippen LogP contribution in [-0.4, -0.2) is 133 Å². The van der Waals surface area contributed by atoms with E-state index in [2.05, 4.69) is 31.1 Å². The summed E-state index contributed by atoms with van der Waals surface area (Å²) in [7, 11) is -4.85. The van der Waals surface area contributed by atoms with E-state index in [1.54, 1.807) is 13.8 Å². The lowest BCUT2D eigenvalue weighted by atomic mass is 10.00. The Morgan fingerprint density at radius 1 is 0.790 bits per heavy atom. The molecule has 0 aromatic heterocycles. The van der Waals surface area contributed by atoms with Crippen LogP contribution in [0.5, 0.6) is 11.5 Å². The maximum atomic E-state index is 14.0. The fraction of sp³-hybridized carbons (Fsp3) is 0.474. The predicted molar refractivity (Wildman–Crippen MR) is 216 cm³/mol. The fourth-order valence-corrected chi connectivity index (χ4v) is 6.86. The number of likely N-dealkylation sites (tertiary alicyclic amines) is 1. The van der Waals surface area contributed by atoms with Gasteiger partial charge >= 0.3 is 13.8 Å². The number of aromatic hydroxyl groups is 1. The molecule has 1 heterocycles. The molecule has 7 amide bonds. The number of nitrogens with zero attached hydrogens (tertiary/aromatic N) is 1. The number of aliphatic hydroxyl groups excluding tert-OH is 1. The summed E-state index contributed by atoms with van der Waals surface area (Å²) in [5, 5.41) is 41.8. The van der Waals surface area contributed by atoms with E-state index in [1.807, 2.05) is 0 Å². The third-order valence-corrected chi connectivity index (χ3v) is 10.0. The van der Waals surface area contributed by atoms with Crippen LogP contribution in [0.3, 0.4) is 0 Å². The Bertz CT molecular complexity index is 1990. The number of carbonyl (C=O) groups excluding carboxylic acids is 7. The van der Waals surface area contributed by atoms with Crippen LogP contribution < -0.4 is 42.6 Å². The van der Waals surface area contributed by atoms with Gasteiger partial charge in [0.25, 0.3) is 0 Å². The Labute approximate surface area is 355 Å². The molecule has 2 aromatic carbocycles. The lowest BCUT2D eigenvalue weighted by molar-refractivity contribution is -0.145. The second-order valence-electron chi connectivity index (χ2n) is 14.9. The van der Waals surface area contributed by atoms with Gasteiger partial charge in [-0.3, -0.25) is 43.3 Å². The SMILES string of the molecule is CC(C)[C@H](NC(=O)[C@H](Cc1ccc(OP(=O)(O)O)cc1)NC(=O)CN)C(=O)N[C@@H](CC(N)=O)C(=O)N1CCC[C@H]1C(=O)N[C@H](C(=O)N[C@@H](Cc1ccc(O)cc1)C(=O)O)[C@@H](C)O. The minimum Gasteiger partial charge on any atom is -0.508 e. The smallest absolute Gasteiger partial charge is 0.508 e. The minimum absolute atomic E-state index is 0.0411. The first-order valence-corrected chi connectivity index (χ1v) is 20.8. The molecule has 62 heavy (non-hydrogen) atoms. The zero-order chi connectivity index (χ0) is 46.5. The van der Waals surface area contributed by atoms with Gasteiger partial charge in [-0.25, -0.2) is 9.36 Å². The summed E-state index contributed by atoms with van der Waals surface area (Å²) in [5.74, 6) is -8.74. The molecule has 0 saturated carbocycles. The average molecular weight is 893 g/mol. The number of phenolic OH excluding ortho intramolecular Hbond substituents is 1. The highest BCUT2D eigenvalue weighted by molar-refractivity contribution is 7.46. The average Bonchev–Trinajstić information content (AvgIpc) is 3.68. The summed E-state index contributed by atoms with van der Waals surface area (Å²) < 4.78 is 15.7. The third kappa shape index (κ3) is 15.4. The molecular weight excluding hydrogens is 839 g/mol. The van der Waals surface area contributed by atoms with Crippen molar-refractivity contribution in [1.82, 2.24) is 31.5 Å². The van der Waals surface area contributed by atoms with Gasteiger partial charge in [-0.15, -0.1) is 0 Å². The van der Waals surface area contributed by atoms with Gasteiger partial charge in [0.05, 0.1) is 19.1 Å². The van der Waals surface area contributed by atoms with E-state index < -0.39 is 116 Å². The lowest BCUT2D eigenvalue weighted by Crippen LogP contribution is -2.61. The standard InChI is InChI=1S/C38H53N8O15P/c1-19(2)31(44-33(51)25(41-30(50)18-39)15-22-8-12-24(13-9-22)61-62(58,59)60)35(53)42-26(17-29(40)49)37(55)46-14-4-5-28(46)34(52)45-32(20(3)47)36(54)43-27(38(56)57)16-21-6-10-23(48)11-7-21/h6-13,19-20,25-28,31-32,47-48H,4-5,14-18,39H2,1-3H3,(H2,40,49)(H,41,50)(H,42,53)(H,43,54)(H,44,51)(H,45,52)(H,56,57)(H2,58,59,60)/t20-,25+,26+,27+,28+,31+,32+/m1/s1. The minimum atomic E-state index is -4.85. The molecule has 340 valence electrons. The van der Waals surface area contributed by atoms with E-state index in [9.17, 15) is 58.2 Å². The van der Waals surface area contributed by atoms with Crippen molar-refractivity contribution in [2.75, 3.05) is 13.1 Å². The number of hydrogen-bond donors (Lipinski definition) is 12. The molecule has 1 aliphatic rings. The molecule has 7 atom stereocenters. The molecule has 0 radical (unpaired) electrons. The van der Waals surface area contributed by atoms with Crippen molar-refractivity contribution in [1.29, 1.82) is 0 Å². The number of phosphoric acid groups is 1. The van der Waals surface area contributed by atoms with Crippen molar-refractivity contribution >= 4 is 55.1 Å². The predicted octanol–water partition coefficient (Wildman–Crippen LogP) is -2.98. The Morgan fingerprint density at radius 2 is 1.34 bits per heavy atom. The number of nitrogens with one attached hydrogen (secondary N) is 5. The van der Waals surface area contributed by atoms with Crippen LogP contribution in [0.1, 0.15) is 51.2 Å². The normalized spacial score (nSPS) is 16.7.